The molecular formula is C19H23N3O3S. The number of thiazole rings is 1. The zero-order valence-corrected chi connectivity index (χ0v) is 15.6. The highest BCUT2D eigenvalue weighted by Gasteiger charge is 2.13. The van der Waals surface area contributed by atoms with Crippen molar-refractivity contribution in [3.63, 3.8) is 0 Å². The first-order valence-corrected chi connectivity index (χ1v) is 9.57. The molecule has 1 aromatic carbocycles. The smallest absolute Gasteiger partial charge is 0.250 e. The van der Waals surface area contributed by atoms with Gasteiger partial charge in [-0.25, -0.2) is 4.98 Å². The number of carbonyl (C=O) groups is 1. The first-order chi connectivity index (χ1) is 12.7. The Balaban J connectivity index is 1.49. The fourth-order valence-corrected chi connectivity index (χ4v) is 3.29. The Morgan fingerprint density at radius 2 is 2.12 bits per heavy atom. The van der Waals surface area contributed by atoms with Gasteiger partial charge in [-0.1, -0.05) is 12.1 Å². The van der Waals surface area contributed by atoms with Crippen molar-refractivity contribution in [3.8, 4) is 5.75 Å². The molecule has 0 bridgehead atoms. The minimum atomic E-state index is -0.189. The number of ether oxygens (including phenoxy) is 2. The lowest BCUT2D eigenvalue weighted by Crippen LogP contribution is -2.35. The van der Waals surface area contributed by atoms with Gasteiger partial charge in [-0.15, -0.1) is 11.3 Å². The van der Waals surface area contributed by atoms with Gasteiger partial charge in [0.1, 0.15) is 5.75 Å². The fraction of sp³-hybridized carbons (Fsp3) is 0.368. The number of hydrogen-bond acceptors (Lipinski definition) is 6. The molecular weight excluding hydrogens is 350 g/mol. The highest BCUT2D eigenvalue weighted by atomic mass is 32.1. The van der Waals surface area contributed by atoms with E-state index in [0.29, 0.717) is 11.7 Å². The van der Waals surface area contributed by atoms with Crippen molar-refractivity contribution in [1.29, 1.82) is 0 Å². The van der Waals surface area contributed by atoms with E-state index in [1.165, 1.54) is 17.4 Å². The van der Waals surface area contributed by atoms with Crippen molar-refractivity contribution in [2.24, 2.45) is 0 Å². The number of nitrogens with one attached hydrogen (secondary N) is 1. The van der Waals surface area contributed by atoms with E-state index in [-0.39, 0.29) is 5.91 Å². The Morgan fingerprint density at radius 1 is 1.35 bits per heavy atom. The second kappa shape index (κ2) is 9.47. The molecule has 1 aromatic heterocycles. The standard InChI is InChI=1S/C19H23N3O3S/c1-2-25-17-6-3-15(4-7-17)5-8-18(23)21-19-20-16(14-26-19)13-22-9-11-24-12-10-22/h3-8,14H,2,9-13H2,1H3,(H,20,21,23). The number of anilines is 1. The van der Waals surface area contributed by atoms with Crippen LogP contribution in [0.4, 0.5) is 5.13 Å². The van der Waals surface area contributed by atoms with Crippen LogP contribution in [-0.4, -0.2) is 48.7 Å². The molecule has 7 heteroatoms. The van der Waals surface area contributed by atoms with Crippen LogP contribution in [0.3, 0.4) is 0 Å². The maximum Gasteiger partial charge on any atom is 0.250 e. The Bertz CT molecular complexity index is 737. The van der Waals surface area contributed by atoms with Gasteiger partial charge in [0.15, 0.2) is 5.13 Å². The zero-order valence-electron chi connectivity index (χ0n) is 14.8. The summed E-state index contributed by atoms with van der Waals surface area (Å²) in [5.41, 5.74) is 1.92. The molecule has 3 rings (SSSR count). The SMILES string of the molecule is CCOc1ccc(C=CC(=O)Nc2nc(CN3CCOCC3)cs2)cc1. The number of aromatic nitrogens is 1. The van der Waals surface area contributed by atoms with Gasteiger partial charge in [0.05, 0.1) is 25.5 Å². The largest absolute Gasteiger partial charge is 0.494 e. The summed E-state index contributed by atoms with van der Waals surface area (Å²) in [6.07, 6.45) is 3.28. The molecule has 0 unspecified atom stereocenters. The van der Waals surface area contributed by atoms with Crippen LogP contribution in [0, 0.1) is 0 Å². The van der Waals surface area contributed by atoms with Crippen LogP contribution in [0.15, 0.2) is 35.7 Å². The molecule has 0 saturated carbocycles. The van der Waals surface area contributed by atoms with Gasteiger partial charge in [-0.2, -0.15) is 0 Å². The molecule has 0 aliphatic carbocycles. The molecule has 6 nitrogen and oxygen atoms in total. The third-order valence-electron chi connectivity index (χ3n) is 3.89. The topological polar surface area (TPSA) is 63.7 Å². The van der Waals surface area contributed by atoms with E-state index in [0.717, 1.165) is 49.9 Å². The summed E-state index contributed by atoms with van der Waals surface area (Å²) < 4.78 is 10.7. The molecule has 2 aromatic rings. The number of carbonyl (C=O) groups excluding carboxylic acids is 1. The van der Waals surface area contributed by atoms with E-state index in [1.54, 1.807) is 6.08 Å². The summed E-state index contributed by atoms with van der Waals surface area (Å²) in [7, 11) is 0. The molecule has 26 heavy (non-hydrogen) atoms. The van der Waals surface area contributed by atoms with Crippen molar-refractivity contribution in [1.82, 2.24) is 9.88 Å². The van der Waals surface area contributed by atoms with E-state index in [1.807, 2.05) is 36.6 Å². The number of rotatable bonds is 7. The highest BCUT2D eigenvalue weighted by Crippen LogP contribution is 2.18. The lowest BCUT2D eigenvalue weighted by Gasteiger charge is -2.25. The summed E-state index contributed by atoms with van der Waals surface area (Å²) in [5.74, 6) is 0.635. The second-order valence-corrected chi connectivity index (χ2v) is 6.72. The molecule has 0 spiro atoms. The van der Waals surface area contributed by atoms with Crippen molar-refractivity contribution in [3.05, 3.63) is 47.0 Å². The first kappa shape index (κ1) is 18.6. The van der Waals surface area contributed by atoms with Crippen LogP contribution < -0.4 is 10.1 Å². The summed E-state index contributed by atoms with van der Waals surface area (Å²) in [6.45, 7) is 6.75. The zero-order chi connectivity index (χ0) is 18.2. The molecule has 1 fully saturated rings. The summed E-state index contributed by atoms with van der Waals surface area (Å²) in [5, 5.41) is 5.42. The molecule has 0 atom stereocenters. The van der Waals surface area contributed by atoms with E-state index >= 15 is 0 Å². The minimum Gasteiger partial charge on any atom is -0.494 e. The maximum absolute atomic E-state index is 12.1. The molecule has 1 amide bonds. The van der Waals surface area contributed by atoms with Crippen LogP contribution in [0.25, 0.3) is 6.08 Å². The van der Waals surface area contributed by atoms with Gasteiger partial charge in [-0.3, -0.25) is 15.0 Å². The van der Waals surface area contributed by atoms with E-state index in [4.69, 9.17) is 9.47 Å². The van der Waals surface area contributed by atoms with Crippen LogP contribution in [0.2, 0.25) is 0 Å². The first-order valence-electron chi connectivity index (χ1n) is 8.69. The summed E-state index contributed by atoms with van der Waals surface area (Å²) in [4.78, 5) is 18.9. The lowest BCUT2D eigenvalue weighted by atomic mass is 10.2. The lowest BCUT2D eigenvalue weighted by molar-refractivity contribution is -0.111. The minimum absolute atomic E-state index is 0.189. The Morgan fingerprint density at radius 3 is 2.85 bits per heavy atom. The summed E-state index contributed by atoms with van der Waals surface area (Å²) in [6, 6.07) is 7.61. The van der Waals surface area contributed by atoms with E-state index < -0.39 is 0 Å². The van der Waals surface area contributed by atoms with Gasteiger partial charge in [0.2, 0.25) is 5.91 Å². The van der Waals surface area contributed by atoms with E-state index in [2.05, 4.69) is 15.2 Å². The van der Waals surface area contributed by atoms with Crippen molar-refractivity contribution >= 4 is 28.5 Å². The number of amides is 1. The van der Waals surface area contributed by atoms with Gasteiger partial charge in [0, 0.05) is 31.1 Å². The predicted molar refractivity (Wildman–Crippen MR) is 103 cm³/mol. The molecule has 1 aliphatic rings. The fourth-order valence-electron chi connectivity index (χ4n) is 2.59. The van der Waals surface area contributed by atoms with Gasteiger partial charge in [-0.05, 0) is 30.7 Å². The quantitative estimate of drug-likeness (QED) is 0.756. The van der Waals surface area contributed by atoms with Crippen LogP contribution >= 0.6 is 11.3 Å². The Hall–Kier alpha value is -2.22. The maximum atomic E-state index is 12.1. The predicted octanol–water partition coefficient (Wildman–Crippen LogP) is 3.03. The number of nitrogens with zero attached hydrogens (tertiary/aromatic N) is 2. The van der Waals surface area contributed by atoms with Crippen LogP contribution in [-0.2, 0) is 16.1 Å². The summed E-state index contributed by atoms with van der Waals surface area (Å²) >= 11 is 1.44. The molecule has 138 valence electrons. The normalized spacial score (nSPS) is 15.3. The van der Waals surface area contributed by atoms with Crippen molar-refractivity contribution in [2.75, 3.05) is 38.2 Å². The molecule has 1 saturated heterocycles. The molecule has 1 N–H and O–H groups in total. The number of morpholine rings is 1. The average Bonchev–Trinajstić information content (AvgIpc) is 3.09. The van der Waals surface area contributed by atoms with Gasteiger partial charge >= 0.3 is 0 Å². The molecule has 0 radical (unpaired) electrons. The van der Waals surface area contributed by atoms with Crippen molar-refractivity contribution in [2.45, 2.75) is 13.5 Å². The van der Waals surface area contributed by atoms with Gasteiger partial charge < -0.3 is 9.47 Å². The molecule has 1 aliphatic heterocycles. The third kappa shape index (κ3) is 5.66. The Labute approximate surface area is 157 Å². The third-order valence-corrected chi connectivity index (χ3v) is 4.70. The molecule has 2 heterocycles. The number of hydrogen-bond donors (Lipinski definition) is 1. The number of benzene rings is 1. The monoisotopic (exact) mass is 373 g/mol. The van der Waals surface area contributed by atoms with Crippen molar-refractivity contribution < 1.29 is 14.3 Å². The van der Waals surface area contributed by atoms with Crippen LogP contribution in [0.5, 0.6) is 5.75 Å². The second-order valence-electron chi connectivity index (χ2n) is 5.86. The van der Waals surface area contributed by atoms with Gasteiger partial charge in [0.25, 0.3) is 0 Å². The average molecular weight is 373 g/mol. The Kier molecular flexibility index (Phi) is 6.76. The van der Waals surface area contributed by atoms with Crippen LogP contribution in [0.1, 0.15) is 18.2 Å². The highest BCUT2D eigenvalue weighted by molar-refractivity contribution is 7.13. The van der Waals surface area contributed by atoms with E-state index in [9.17, 15) is 4.79 Å².